The Labute approximate surface area is 152 Å². The molecule has 1 aliphatic heterocycles. The fraction of sp³-hybridized carbons (Fsp3) is 0.923. The third kappa shape index (κ3) is 4.95. The normalized spacial score (nSPS) is 38.7. The molecule has 3 N–H and O–H groups in total. The topological polar surface area (TPSA) is 92.9 Å². The standard InChI is InChI=1S/C13H22I2N3O3/c14-9-2-4-13(16)17(6-9)7-12(19)8-1-3-10(15)11(5-8)18(20)21/h8-11,13,20H,1-7,16H2/q-1. The van der Waals surface area contributed by atoms with E-state index in [9.17, 15) is 15.2 Å². The van der Waals surface area contributed by atoms with Gasteiger partial charge in [0, 0.05) is 26.4 Å². The van der Waals surface area contributed by atoms with Crippen molar-refractivity contribution in [3.8, 4) is 0 Å². The summed E-state index contributed by atoms with van der Waals surface area (Å²) >= 11 is 4.59. The van der Waals surface area contributed by atoms with Crippen molar-refractivity contribution in [3.05, 3.63) is 5.21 Å². The van der Waals surface area contributed by atoms with Crippen molar-refractivity contribution in [1.82, 2.24) is 10.1 Å². The number of Topliss-reactive ketones (excluding diaryl/α,β-unsaturated/α-hetero) is 1. The van der Waals surface area contributed by atoms with Gasteiger partial charge in [-0.3, -0.25) is 14.9 Å². The van der Waals surface area contributed by atoms with Crippen LogP contribution in [0.15, 0.2) is 0 Å². The monoisotopic (exact) mass is 522 g/mol. The van der Waals surface area contributed by atoms with Crippen LogP contribution in [0.3, 0.4) is 0 Å². The Bertz CT molecular complexity index is 373. The van der Waals surface area contributed by atoms with Crippen LogP contribution in [0.2, 0.25) is 0 Å². The van der Waals surface area contributed by atoms with Gasteiger partial charge in [-0.15, -0.1) is 0 Å². The molecule has 8 heteroatoms. The Morgan fingerprint density at radius 3 is 2.71 bits per heavy atom. The van der Waals surface area contributed by atoms with Gasteiger partial charge in [-0.05, 0) is 32.1 Å². The molecule has 0 bridgehead atoms. The van der Waals surface area contributed by atoms with Gasteiger partial charge in [0.2, 0.25) is 0 Å². The largest absolute Gasteiger partial charge is 0.762 e. The van der Waals surface area contributed by atoms with Crippen molar-refractivity contribution < 1.29 is 10.0 Å². The predicted molar refractivity (Wildman–Crippen MR) is 97.5 cm³/mol. The van der Waals surface area contributed by atoms with Gasteiger partial charge >= 0.3 is 0 Å². The van der Waals surface area contributed by atoms with Crippen LogP contribution in [0.5, 0.6) is 0 Å². The molecule has 6 nitrogen and oxygen atoms in total. The van der Waals surface area contributed by atoms with Crippen molar-refractivity contribution >= 4 is 51.0 Å². The van der Waals surface area contributed by atoms with Gasteiger partial charge < -0.3 is 16.1 Å². The highest BCUT2D eigenvalue weighted by Crippen LogP contribution is 2.33. The van der Waals surface area contributed by atoms with Crippen LogP contribution in [-0.2, 0) is 4.79 Å². The zero-order chi connectivity index (χ0) is 15.6. The van der Waals surface area contributed by atoms with Crippen molar-refractivity contribution in [2.75, 3.05) is 13.1 Å². The minimum absolute atomic E-state index is 0.0318. The molecule has 1 saturated carbocycles. The molecule has 2 aliphatic rings. The van der Waals surface area contributed by atoms with E-state index in [2.05, 4.69) is 50.1 Å². The van der Waals surface area contributed by atoms with E-state index in [0.717, 1.165) is 32.2 Å². The van der Waals surface area contributed by atoms with Crippen LogP contribution in [0.4, 0.5) is 0 Å². The Morgan fingerprint density at radius 2 is 2.05 bits per heavy atom. The van der Waals surface area contributed by atoms with Gasteiger partial charge in [0.15, 0.2) is 0 Å². The summed E-state index contributed by atoms with van der Waals surface area (Å²) in [5.41, 5.74) is 6.09. The number of carbonyl (C=O) groups excluding carboxylic acids is 1. The maximum Gasteiger partial charge on any atom is 0.150 e. The molecule has 122 valence electrons. The Balaban J connectivity index is 1.90. The molecule has 1 aliphatic carbocycles. The first-order valence-electron chi connectivity index (χ1n) is 7.34. The number of hydroxylamine groups is 2. The highest BCUT2D eigenvalue weighted by atomic mass is 127. The quantitative estimate of drug-likeness (QED) is 0.333. The number of rotatable bonds is 4. The number of hydrogen-bond donors (Lipinski definition) is 2. The lowest BCUT2D eigenvalue weighted by atomic mass is 9.83. The van der Waals surface area contributed by atoms with Crippen molar-refractivity contribution in [3.63, 3.8) is 0 Å². The van der Waals surface area contributed by atoms with Crippen LogP contribution in [0.1, 0.15) is 32.1 Å². The molecular weight excluding hydrogens is 500 g/mol. The first-order valence-corrected chi connectivity index (χ1v) is 9.83. The summed E-state index contributed by atoms with van der Waals surface area (Å²) in [7, 11) is 0. The summed E-state index contributed by atoms with van der Waals surface area (Å²) in [6.45, 7) is 1.22. The van der Waals surface area contributed by atoms with E-state index in [0.29, 0.717) is 16.9 Å². The Morgan fingerprint density at radius 1 is 1.33 bits per heavy atom. The molecule has 0 radical (unpaired) electrons. The second-order valence-corrected chi connectivity index (χ2v) is 9.40. The molecule has 0 aromatic carbocycles. The summed E-state index contributed by atoms with van der Waals surface area (Å²) in [5, 5.41) is 20.4. The van der Waals surface area contributed by atoms with Gasteiger partial charge in [-0.25, -0.2) is 0 Å². The number of carbonyl (C=O) groups is 1. The lowest BCUT2D eigenvalue weighted by Crippen LogP contribution is -2.52. The lowest BCUT2D eigenvalue weighted by Gasteiger charge is -2.41. The molecule has 0 spiro atoms. The molecule has 5 atom stereocenters. The highest BCUT2D eigenvalue weighted by molar-refractivity contribution is 14.1. The molecule has 1 saturated heterocycles. The highest BCUT2D eigenvalue weighted by Gasteiger charge is 2.35. The van der Waals surface area contributed by atoms with Gasteiger partial charge in [0.1, 0.15) is 5.78 Å². The molecule has 1 heterocycles. The SMILES string of the molecule is NC1CCC(I)CN1CC(=O)C1CCC(I)C(N([O-])O)C1. The number of likely N-dealkylation sites (tertiary alicyclic amines) is 1. The van der Waals surface area contributed by atoms with Gasteiger partial charge in [0.05, 0.1) is 12.7 Å². The summed E-state index contributed by atoms with van der Waals surface area (Å²) in [6, 6.07) is -0.472. The molecule has 0 aromatic heterocycles. The van der Waals surface area contributed by atoms with Crippen molar-refractivity contribution in [2.45, 2.75) is 52.2 Å². The zero-order valence-corrected chi connectivity index (χ0v) is 16.1. The smallest absolute Gasteiger partial charge is 0.150 e. The number of hydrogen-bond acceptors (Lipinski definition) is 6. The Hall–Kier alpha value is 0.930. The predicted octanol–water partition coefficient (Wildman–Crippen LogP) is 1.90. The molecular formula is C13H22I2N3O3-. The molecule has 2 fully saturated rings. The number of ketones is 1. The average molecular weight is 522 g/mol. The number of nitrogens with two attached hydrogens (primary N) is 1. The maximum absolute atomic E-state index is 12.5. The summed E-state index contributed by atoms with van der Waals surface area (Å²) in [6.07, 6.45) is 4.03. The van der Waals surface area contributed by atoms with Crippen LogP contribution in [0, 0.1) is 11.1 Å². The Kier molecular flexibility index (Phi) is 7.09. The molecule has 21 heavy (non-hydrogen) atoms. The van der Waals surface area contributed by atoms with E-state index < -0.39 is 6.04 Å². The second-order valence-electron chi connectivity index (χ2n) is 6.03. The molecule has 5 unspecified atom stereocenters. The molecule has 0 amide bonds. The van der Waals surface area contributed by atoms with E-state index in [1.165, 1.54) is 0 Å². The zero-order valence-electron chi connectivity index (χ0n) is 11.8. The van der Waals surface area contributed by atoms with Gasteiger partial charge in [0.25, 0.3) is 0 Å². The fourth-order valence-electron chi connectivity index (χ4n) is 3.16. The van der Waals surface area contributed by atoms with E-state index in [-0.39, 0.29) is 27.0 Å². The van der Waals surface area contributed by atoms with Crippen LogP contribution in [0.25, 0.3) is 0 Å². The van der Waals surface area contributed by atoms with Gasteiger partial charge in [-0.1, -0.05) is 45.2 Å². The van der Waals surface area contributed by atoms with Crippen LogP contribution < -0.4 is 5.73 Å². The number of halogens is 2. The third-order valence-corrected chi connectivity index (χ3v) is 6.98. The number of alkyl halides is 2. The first-order chi connectivity index (χ1) is 9.88. The van der Waals surface area contributed by atoms with E-state index in [1.54, 1.807) is 0 Å². The second kappa shape index (κ2) is 8.15. The minimum atomic E-state index is -0.472. The summed E-state index contributed by atoms with van der Waals surface area (Å²) in [5.74, 6) is 0.0255. The van der Waals surface area contributed by atoms with E-state index >= 15 is 0 Å². The van der Waals surface area contributed by atoms with Gasteiger partial charge in [-0.2, -0.15) is 0 Å². The minimum Gasteiger partial charge on any atom is -0.762 e. The van der Waals surface area contributed by atoms with E-state index in [4.69, 9.17) is 5.73 Å². The summed E-state index contributed by atoms with van der Waals surface area (Å²) < 4.78 is 0.646. The number of nitrogens with zero attached hydrogens (tertiary/aromatic N) is 2. The van der Waals surface area contributed by atoms with Crippen LogP contribution in [-0.4, -0.2) is 54.3 Å². The first kappa shape index (κ1) is 18.3. The number of piperidine rings is 1. The maximum atomic E-state index is 12.5. The van der Waals surface area contributed by atoms with Crippen molar-refractivity contribution in [2.24, 2.45) is 11.7 Å². The summed E-state index contributed by atoms with van der Waals surface area (Å²) in [4.78, 5) is 14.5. The fourth-order valence-corrected chi connectivity index (χ4v) is 4.95. The van der Waals surface area contributed by atoms with E-state index in [1.807, 2.05) is 0 Å². The third-order valence-electron chi connectivity index (χ3n) is 4.51. The molecule has 2 rings (SSSR count). The molecule has 0 aromatic rings. The lowest BCUT2D eigenvalue weighted by molar-refractivity contribution is -0.130. The van der Waals surface area contributed by atoms with Crippen LogP contribution >= 0.6 is 45.2 Å². The average Bonchev–Trinajstić information content (AvgIpc) is 2.43. The van der Waals surface area contributed by atoms with Crippen molar-refractivity contribution in [1.29, 1.82) is 0 Å².